The SMILES string of the molecule is CC(C)(C)[C@H](NC(=O)CCn1cncn1)C(=O)O. The lowest BCUT2D eigenvalue weighted by atomic mass is 9.86. The number of carbonyl (C=O) groups excluding carboxylic acids is 1. The minimum Gasteiger partial charge on any atom is -0.480 e. The first-order valence-electron chi connectivity index (χ1n) is 5.65. The Kier molecular flexibility index (Phi) is 4.41. The van der Waals surface area contributed by atoms with E-state index in [4.69, 9.17) is 5.11 Å². The van der Waals surface area contributed by atoms with Crippen molar-refractivity contribution in [3.8, 4) is 0 Å². The molecule has 7 heteroatoms. The summed E-state index contributed by atoms with van der Waals surface area (Å²) in [7, 11) is 0. The van der Waals surface area contributed by atoms with Crippen LogP contribution in [0.5, 0.6) is 0 Å². The van der Waals surface area contributed by atoms with E-state index in [0.717, 1.165) is 0 Å². The molecule has 1 aromatic heterocycles. The van der Waals surface area contributed by atoms with E-state index in [9.17, 15) is 9.59 Å². The highest BCUT2D eigenvalue weighted by Crippen LogP contribution is 2.19. The van der Waals surface area contributed by atoms with Gasteiger partial charge in [-0.1, -0.05) is 20.8 Å². The number of amides is 1. The van der Waals surface area contributed by atoms with Crippen LogP contribution in [0, 0.1) is 5.41 Å². The van der Waals surface area contributed by atoms with Gasteiger partial charge < -0.3 is 10.4 Å². The van der Waals surface area contributed by atoms with Gasteiger partial charge in [0.1, 0.15) is 18.7 Å². The van der Waals surface area contributed by atoms with Crippen molar-refractivity contribution in [2.24, 2.45) is 5.41 Å². The molecule has 7 nitrogen and oxygen atoms in total. The summed E-state index contributed by atoms with van der Waals surface area (Å²) in [6, 6.07) is -0.902. The molecule has 0 saturated carbocycles. The van der Waals surface area contributed by atoms with E-state index >= 15 is 0 Å². The number of carboxylic acids is 1. The molecule has 0 spiro atoms. The lowest BCUT2D eigenvalue weighted by molar-refractivity contribution is -0.145. The third-order valence-electron chi connectivity index (χ3n) is 2.45. The van der Waals surface area contributed by atoms with E-state index in [-0.39, 0.29) is 12.3 Å². The van der Waals surface area contributed by atoms with E-state index < -0.39 is 17.4 Å². The standard InChI is InChI=1S/C11H18N4O3/c1-11(2,3)9(10(17)18)14-8(16)4-5-15-7-12-6-13-15/h6-7,9H,4-5H2,1-3H3,(H,14,16)(H,17,18)/t9-/m1/s1. The number of aryl methyl sites for hydroxylation is 1. The zero-order valence-corrected chi connectivity index (χ0v) is 10.8. The largest absolute Gasteiger partial charge is 0.480 e. The number of aromatic nitrogens is 3. The van der Waals surface area contributed by atoms with Crippen molar-refractivity contribution >= 4 is 11.9 Å². The Bertz CT molecular complexity index is 408. The Hall–Kier alpha value is -1.92. The Morgan fingerprint density at radius 3 is 2.56 bits per heavy atom. The molecule has 0 aromatic carbocycles. The first-order valence-corrected chi connectivity index (χ1v) is 5.65. The molecule has 1 amide bonds. The van der Waals surface area contributed by atoms with E-state index in [1.807, 2.05) is 0 Å². The predicted octanol–water partition coefficient (Wildman–Crippen LogP) is 0.284. The van der Waals surface area contributed by atoms with Gasteiger partial charge in [-0.15, -0.1) is 0 Å². The lowest BCUT2D eigenvalue weighted by Crippen LogP contribution is -2.49. The maximum atomic E-state index is 11.7. The van der Waals surface area contributed by atoms with Gasteiger partial charge in [0.25, 0.3) is 0 Å². The van der Waals surface area contributed by atoms with Crippen LogP contribution in [0.2, 0.25) is 0 Å². The molecule has 0 fully saturated rings. The van der Waals surface area contributed by atoms with Gasteiger partial charge in [-0.25, -0.2) is 9.78 Å². The van der Waals surface area contributed by atoms with Crippen molar-refractivity contribution in [2.75, 3.05) is 0 Å². The van der Waals surface area contributed by atoms with Crippen LogP contribution in [0.4, 0.5) is 0 Å². The quantitative estimate of drug-likeness (QED) is 0.786. The minimum atomic E-state index is -1.03. The second-order valence-electron chi connectivity index (χ2n) is 5.11. The number of carboxylic acid groups (broad SMARTS) is 1. The van der Waals surface area contributed by atoms with Crippen LogP contribution in [0.3, 0.4) is 0 Å². The topological polar surface area (TPSA) is 97.1 Å². The first kappa shape index (κ1) is 14.1. The van der Waals surface area contributed by atoms with Gasteiger partial charge >= 0.3 is 5.97 Å². The molecule has 2 N–H and O–H groups in total. The van der Waals surface area contributed by atoms with Gasteiger partial charge in [0.15, 0.2) is 0 Å². The average Bonchev–Trinajstić information content (AvgIpc) is 2.73. The maximum absolute atomic E-state index is 11.7. The predicted molar refractivity (Wildman–Crippen MR) is 63.7 cm³/mol. The molecule has 0 aliphatic heterocycles. The molecule has 0 saturated heterocycles. The van der Waals surface area contributed by atoms with Gasteiger partial charge in [0.2, 0.25) is 5.91 Å². The second-order valence-corrected chi connectivity index (χ2v) is 5.11. The first-order chi connectivity index (χ1) is 8.30. The smallest absolute Gasteiger partial charge is 0.326 e. The molecule has 1 rings (SSSR count). The number of hydrogen-bond acceptors (Lipinski definition) is 4. The number of aliphatic carboxylic acids is 1. The molecular weight excluding hydrogens is 236 g/mol. The number of hydrogen-bond donors (Lipinski definition) is 2. The molecule has 0 radical (unpaired) electrons. The molecular formula is C11H18N4O3. The fourth-order valence-corrected chi connectivity index (χ4v) is 1.45. The summed E-state index contributed by atoms with van der Waals surface area (Å²) in [6.07, 6.45) is 3.06. The zero-order chi connectivity index (χ0) is 13.8. The highest BCUT2D eigenvalue weighted by Gasteiger charge is 2.32. The fraction of sp³-hybridized carbons (Fsp3) is 0.636. The van der Waals surface area contributed by atoms with E-state index in [0.29, 0.717) is 6.54 Å². The van der Waals surface area contributed by atoms with Crippen molar-refractivity contribution < 1.29 is 14.7 Å². The van der Waals surface area contributed by atoms with Crippen molar-refractivity contribution in [1.29, 1.82) is 0 Å². The third-order valence-corrected chi connectivity index (χ3v) is 2.45. The zero-order valence-electron chi connectivity index (χ0n) is 10.8. The average molecular weight is 254 g/mol. The van der Waals surface area contributed by atoms with E-state index in [2.05, 4.69) is 15.4 Å². The summed E-state index contributed by atoms with van der Waals surface area (Å²) >= 11 is 0. The molecule has 0 bridgehead atoms. The normalized spacial score (nSPS) is 13.1. The highest BCUT2D eigenvalue weighted by atomic mass is 16.4. The molecule has 100 valence electrons. The lowest BCUT2D eigenvalue weighted by Gasteiger charge is -2.27. The number of carbonyl (C=O) groups is 2. The highest BCUT2D eigenvalue weighted by molar-refractivity contribution is 5.84. The van der Waals surface area contributed by atoms with E-state index in [1.54, 1.807) is 20.8 Å². The van der Waals surface area contributed by atoms with Crippen molar-refractivity contribution in [3.63, 3.8) is 0 Å². The molecule has 0 unspecified atom stereocenters. The van der Waals surface area contributed by atoms with Crippen LogP contribution in [-0.4, -0.2) is 37.8 Å². The molecule has 1 atom stereocenters. The van der Waals surface area contributed by atoms with Gasteiger partial charge in [0.05, 0.1) is 6.54 Å². The summed E-state index contributed by atoms with van der Waals surface area (Å²) in [4.78, 5) is 26.5. The molecule has 0 aliphatic rings. The summed E-state index contributed by atoms with van der Waals surface area (Å²) in [5.41, 5.74) is -0.533. The summed E-state index contributed by atoms with van der Waals surface area (Å²) in [5.74, 6) is -1.34. The van der Waals surface area contributed by atoms with Crippen LogP contribution in [0.1, 0.15) is 27.2 Å². The molecule has 1 aromatic rings. The number of nitrogens with one attached hydrogen (secondary N) is 1. The number of nitrogens with zero attached hydrogens (tertiary/aromatic N) is 3. The van der Waals surface area contributed by atoms with Gasteiger partial charge in [-0.2, -0.15) is 5.10 Å². The Labute approximate surface area is 105 Å². The Morgan fingerprint density at radius 1 is 1.44 bits per heavy atom. The number of rotatable bonds is 5. The van der Waals surface area contributed by atoms with Crippen LogP contribution < -0.4 is 5.32 Å². The third kappa shape index (κ3) is 4.15. The summed E-state index contributed by atoms with van der Waals surface area (Å²) in [5, 5.41) is 15.4. The maximum Gasteiger partial charge on any atom is 0.326 e. The van der Waals surface area contributed by atoms with Crippen molar-refractivity contribution in [2.45, 2.75) is 39.8 Å². The summed E-state index contributed by atoms with van der Waals surface area (Å²) < 4.78 is 1.52. The van der Waals surface area contributed by atoms with Crippen LogP contribution in [0.15, 0.2) is 12.7 Å². The van der Waals surface area contributed by atoms with Gasteiger partial charge in [-0.05, 0) is 5.41 Å². The molecule has 18 heavy (non-hydrogen) atoms. The molecule has 0 aliphatic carbocycles. The van der Waals surface area contributed by atoms with Crippen LogP contribution in [-0.2, 0) is 16.1 Å². The Balaban J connectivity index is 2.49. The summed E-state index contributed by atoms with van der Waals surface area (Å²) in [6.45, 7) is 5.68. The van der Waals surface area contributed by atoms with E-state index in [1.165, 1.54) is 17.3 Å². The van der Waals surface area contributed by atoms with Crippen LogP contribution in [0.25, 0.3) is 0 Å². The van der Waals surface area contributed by atoms with Gasteiger partial charge in [-0.3, -0.25) is 9.48 Å². The monoisotopic (exact) mass is 254 g/mol. The Morgan fingerprint density at radius 2 is 2.11 bits per heavy atom. The molecule has 1 heterocycles. The second kappa shape index (κ2) is 5.61. The minimum absolute atomic E-state index is 0.170. The van der Waals surface area contributed by atoms with Crippen LogP contribution >= 0.6 is 0 Å². The van der Waals surface area contributed by atoms with Crippen molar-refractivity contribution in [3.05, 3.63) is 12.7 Å². The van der Waals surface area contributed by atoms with Gasteiger partial charge in [0, 0.05) is 6.42 Å². The van der Waals surface area contributed by atoms with Crippen molar-refractivity contribution in [1.82, 2.24) is 20.1 Å². The fourth-order valence-electron chi connectivity index (χ4n) is 1.45.